The SMILES string of the molecule is Cc1noc(C)c1C(=O)OCC(=O)N1N=C2/C(=C/c3ccco3)CCCC2C1c1ccco1. The average molecular weight is 449 g/mol. The predicted molar refractivity (Wildman–Crippen MR) is 116 cm³/mol. The molecule has 1 aliphatic carbocycles. The molecular formula is C24H23N3O6. The monoisotopic (exact) mass is 449 g/mol. The number of esters is 1. The molecule has 1 aliphatic heterocycles. The molecule has 2 aliphatic rings. The van der Waals surface area contributed by atoms with Gasteiger partial charge in [0.15, 0.2) is 6.61 Å². The number of carbonyl (C=O) groups is 2. The van der Waals surface area contributed by atoms with Crippen molar-refractivity contribution >= 4 is 23.7 Å². The molecule has 3 aromatic heterocycles. The third-order valence-corrected chi connectivity index (χ3v) is 6.02. The van der Waals surface area contributed by atoms with E-state index in [0.29, 0.717) is 17.2 Å². The molecule has 5 rings (SSSR count). The molecule has 0 saturated heterocycles. The Balaban J connectivity index is 1.41. The van der Waals surface area contributed by atoms with Crippen LogP contribution in [0, 0.1) is 19.8 Å². The minimum absolute atomic E-state index is 0.0201. The number of amides is 1. The second-order valence-corrected chi connectivity index (χ2v) is 8.14. The number of furan rings is 2. The fraction of sp³-hybridized carbons (Fsp3) is 0.333. The Morgan fingerprint density at radius 2 is 2.03 bits per heavy atom. The molecular weight excluding hydrogens is 426 g/mol. The zero-order valence-corrected chi connectivity index (χ0v) is 18.3. The van der Waals surface area contributed by atoms with Gasteiger partial charge in [0, 0.05) is 5.92 Å². The summed E-state index contributed by atoms with van der Waals surface area (Å²) in [5.41, 5.74) is 2.51. The van der Waals surface area contributed by atoms with E-state index in [9.17, 15) is 9.59 Å². The van der Waals surface area contributed by atoms with Crippen molar-refractivity contribution in [2.24, 2.45) is 11.0 Å². The zero-order chi connectivity index (χ0) is 22.9. The van der Waals surface area contributed by atoms with Crippen LogP contribution >= 0.6 is 0 Å². The summed E-state index contributed by atoms with van der Waals surface area (Å²) in [5.74, 6) is 0.615. The third-order valence-electron chi connectivity index (χ3n) is 6.02. The number of rotatable bonds is 5. The van der Waals surface area contributed by atoms with Crippen molar-refractivity contribution in [3.8, 4) is 0 Å². The van der Waals surface area contributed by atoms with Crippen LogP contribution in [0.1, 0.15) is 58.6 Å². The van der Waals surface area contributed by atoms with Crippen LogP contribution in [0.2, 0.25) is 0 Å². The van der Waals surface area contributed by atoms with Gasteiger partial charge in [-0.25, -0.2) is 9.80 Å². The Bertz CT molecular complexity index is 1200. The van der Waals surface area contributed by atoms with Gasteiger partial charge in [-0.05, 0) is 69.0 Å². The number of aromatic nitrogens is 1. The molecule has 0 aromatic carbocycles. The Hall–Kier alpha value is -3.88. The molecule has 2 atom stereocenters. The van der Waals surface area contributed by atoms with Crippen LogP contribution in [0.4, 0.5) is 0 Å². The van der Waals surface area contributed by atoms with Gasteiger partial charge in [0.05, 0.1) is 23.9 Å². The quantitative estimate of drug-likeness (QED) is 0.529. The second kappa shape index (κ2) is 8.57. The van der Waals surface area contributed by atoms with Crippen molar-refractivity contribution in [1.82, 2.24) is 10.2 Å². The van der Waals surface area contributed by atoms with Crippen LogP contribution in [-0.2, 0) is 9.53 Å². The minimum Gasteiger partial charge on any atom is -0.467 e. The van der Waals surface area contributed by atoms with E-state index in [1.807, 2.05) is 24.3 Å². The molecule has 9 nitrogen and oxygen atoms in total. The fourth-order valence-corrected chi connectivity index (χ4v) is 4.53. The van der Waals surface area contributed by atoms with E-state index >= 15 is 0 Å². The molecule has 170 valence electrons. The first-order chi connectivity index (χ1) is 16.0. The standard InChI is InChI=1S/C24H23N3O6/c1-14-21(15(2)33-26-14)24(29)32-13-20(28)27-23(19-9-5-11-31-19)18-8-3-6-16(22(18)25-27)12-17-7-4-10-30-17/h4-5,7,9-12,18,23H,3,6,8,13H2,1-2H3/b16-12+. The topological polar surface area (TPSA) is 111 Å². The van der Waals surface area contributed by atoms with Crippen molar-refractivity contribution in [2.75, 3.05) is 6.61 Å². The van der Waals surface area contributed by atoms with Gasteiger partial charge in [-0.15, -0.1) is 0 Å². The summed E-state index contributed by atoms with van der Waals surface area (Å²) in [6.07, 6.45) is 7.83. The first-order valence-electron chi connectivity index (χ1n) is 10.8. The van der Waals surface area contributed by atoms with Gasteiger partial charge in [0.25, 0.3) is 5.91 Å². The van der Waals surface area contributed by atoms with Crippen LogP contribution in [0.5, 0.6) is 0 Å². The van der Waals surface area contributed by atoms with E-state index in [0.717, 1.165) is 36.3 Å². The molecule has 33 heavy (non-hydrogen) atoms. The first kappa shape index (κ1) is 21.0. The summed E-state index contributed by atoms with van der Waals surface area (Å²) in [7, 11) is 0. The van der Waals surface area contributed by atoms with Gasteiger partial charge in [-0.1, -0.05) is 5.16 Å². The van der Waals surface area contributed by atoms with Crippen LogP contribution in [-0.4, -0.2) is 34.4 Å². The molecule has 3 aromatic rings. The number of hydrogen-bond acceptors (Lipinski definition) is 8. The number of hydrogen-bond donors (Lipinski definition) is 0. The Kier molecular flexibility index (Phi) is 5.45. The third kappa shape index (κ3) is 3.90. The molecule has 0 N–H and O–H groups in total. The lowest BCUT2D eigenvalue weighted by atomic mass is 9.79. The molecule has 0 radical (unpaired) electrons. The van der Waals surface area contributed by atoms with Crippen molar-refractivity contribution in [3.63, 3.8) is 0 Å². The number of carbonyl (C=O) groups excluding carboxylic acids is 2. The highest BCUT2D eigenvalue weighted by Crippen LogP contribution is 2.44. The summed E-state index contributed by atoms with van der Waals surface area (Å²) in [6.45, 7) is 2.81. The number of allylic oxidation sites excluding steroid dienone is 1. The number of nitrogens with zero attached hydrogens (tertiary/aromatic N) is 3. The number of hydrazone groups is 1. The molecule has 1 amide bonds. The van der Waals surface area contributed by atoms with E-state index in [2.05, 4.69) is 5.16 Å². The highest BCUT2D eigenvalue weighted by molar-refractivity contribution is 6.08. The molecule has 2 unspecified atom stereocenters. The Labute approximate surface area is 189 Å². The maximum Gasteiger partial charge on any atom is 0.344 e. The average Bonchev–Trinajstić information content (AvgIpc) is 3.59. The van der Waals surface area contributed by atoms with Gasteiger partial charge in [0.2, 0.25) is 0 Å². The van der Waals surface area contributed by atoms with E-state index in [1.54, 1.807) is 32.4 Å². The second-order valence-electron chi connectivity index (χ2n) is 8.14. The molecule has 1 saturated carbocycles. The van der Waals surface area contributed by atoms with Crippen LogP contribution in [0.3, 0.4) is 0 Å². The Morgan fingerprint density at radius 3 is 2.73 bits per heavy atom. The van der Waals surface area contributed by atoms with Crippen LogP contribution in [0.15, 0.2) is 60.8 Å². The lowest BCUT2D eigenvalue weighted by Crippen LogP contribution is -2.34. The molecule has 0 bridgehead atoms. The van der Waals surface area contributed by atoms with Gasteiger partial charge in [-0.2, -0.15) is 5.10 Å². The summed E-state index contributed by atoms with van der Waals surface area (Å²) in [4.78, 5) is 25.7. The number of aryl methyl sites for hydroxylation is 2. The lowest BCUT2D eigenvalue weighted by Gasteiger charge is -2.27. The van der Waals surface area contributed by atoms with E-state index < -0.39 is 24.5 Å². The minimum atomic E-state index is -0.656. The normalized spacial score (nSPS) is 21.2. The summed E-state index contributed by atoms with van der Waals surface area (Å²) < 4.78 is 21.5. The number of fused-ring (bicyclic) bond motifs is 1. The lowest BCUT2D eigenvalue weighted by molar-refractivity contribution is -0.137. The zero-order valence-electron chi connectivity index (χ0n) is 18.3. The van der Waals surface area contributed by atoms with E-state index in [1.165, 1.54) is 5.01 Å². The van der Waals surface area contributed by atoms with Gasteiger partial charge < -0.3 is 18.1 Å². The largest absolute Gasteiger partial charge is 0.467 e. The van der Waals surface area contributed by atoms with E-state index in [4.69, 9.17) is 23.2 Å². The molecule has 0 spiro atoms. The van der Waals surface area contributed by atoms with E-state index in [-0.39, 0.29) is 11.5 Å². The summed E-state index contributed by atoms with van der Waals surface area (Å²) in [5, 5.41) is 9.84. The van der Waals surface area contributed by atoms with Crippen LogP contribution in [0.25, 0.3) is 6.08 Å². The highest BCUT2D eigenvalue weighted by Gasteiger charge is 2.45. The van der Waals surface area contributed by atoms with Crippen molar-refractivity contribution in [1.29, 1.82) is 0 Å². The summed E-state index contributed by atoms with van der Waals surface area (Å²) in [6, 6.07) is 6.94. The van der Waals surface area contributed by atoms with Gasteiger partial charge in [0.1, 0.15) is 28.9 Å². The van der Waals surface area contributed by atoms with Crippen LogP contribution < -0.4 is 0 Å². The maximum absolute atomic E-state index is 13.2. The summed E-state index contributed by atoms with van der Waals surface area (Å²) >= 11 is 0. The first-order valence-corrected chi connectivity index (χ1v) is 10.8. The molecule has 1 fully saturated rings. The highest BCUT2D eigenvalue weighted by atomic mass is 16.5. The van der Waals surface area contributed by atoms with Crippen molar-refractivity contribution in [3.05, 3.63) is 70.9 Å². The molecule has 9 heteroatoms. The molecule has 4 heterocycles. The van der Waals surface area contributed by atoms with Crippen molar-refractivity contribution in [2.45, 2.75) is 39.2 Å². The predicted octanol–water partition coefficient (Wildman–Crippen LogP) is 4.46. The van der Waals surface area contributed by atoms with Gasteiger partial charge in [-0.3, -0.25) is 4.79 Å². The number of ether oxygens (including phenoxy) is 1. The van der Waals surface area contributed by atoms with Gasteiger partial charge >= 0.3 is 5.97 Å². The smallest absolute Gasteiger partial charge is 0.344 e. The maximum atomic E-state index is 13.2. The Morgan fingerprint density at radius 1 is 1.21 bits per heavy atom. The van der Waals surface area contributed by atoms with Crippen molar-refractivity contribution < 1.29 is 27.7 Å². The fourth-order valence-electron chi connectivity index (χ4n) is 4.53.